The SMILES string of the molecule is CCOC(=O)C1CCN(C(=O)CCN2CC3=C(C2=O)[C@H](c2cccc(Oc4ccccc4)c2)NC(=O)N3CC)CC1. The Kier molecular flexibility index (Phi) is 8.56. The molecule has 216 valence electrons. The highest BCUT2D eigenvalue weighted by Crippen LogP contribution is 2.37. The van der Waals surface area contributed by atoms with Gasteiger partial charge < -0.3 is 24.6 Å². The van der Waals surface area contributed by atoms with E-state index in [4.69, 9.17) is 9.47 Å². The number of hydrogen-bond donors (Lipinski definition) is 1. The van der Waals surface area contributed by atoms with E-state index >= 15 is 0 Å². The Morgan fingerprint density at radius 3 is 2.41 bits per heavy atom. The zero-order valence-electron chi connectivity index (χ0n) is 23.5. The Morgan fingerprint density at radius 1 is 0.976 bits per heavy atom. The van der Waals surface area contributed by atoms with Gasteiger partial charge in [-0.25, -0.2) is 4.79 Å². The summed E-state index contributed by atoms with van der Waals surface area (Å²) in [4.78, 5) is 56.8. The molecule has 0 aromatic heterocycles. The first kappa shape index (κ1) is 28.2. The zero-order valence-corrected chi connectivity index (χ0v) is 23.5. The molecule has 10 heteroatoms. The molecule has 3 heterocycles. The van der Waals surface area contributed by atoms with Crippen molar-refractivity contribution in [1.82, 2.24) is 20.0 Å². The van der Waals surface area contributed by atoms with Crippen LogP contribution in [0.3, 0.4) is 0 Å². The molecule has 2 aromatic carbocycles. The number of amides is 4. The molecule has 0 spiro atoms. The molecule has 1 saturated heterocycles. The van der Waals surface area contributed by atoms with Gasteiger partial charge in [0, 0.05) is 32.6 Å². The minimum Gasteiger partial charge on any atom is -0.466 e. The number of nitrogens with zero attached hydrogens (tertiary/aromatic N) is 3. The molecule has 0 aliphatic carbocycles. The van der Waals surface area contributed by atoms with E-state index in [1.54, 1.807) is 21.6 Å². The van der Waals surface area contributed by atoms with Crippen molar-refractivity contribution in [1.29, 1.82) is 0 Å². The van der Waals surface area contributed by atoms with Gasteiger partial charge in [-0.2, -0.15) is 0 Å². The maximum absolute atomic E-state index is 13.7. The van der Waals surface area contributed by atoms with Gasteiger partial charge in [0.25, 0.3) is 5.91 Å². The zero-order chi connectivity index (χ0) is 28.9. The van der Waals surface area contributed by atoms with Crippen LogP contribution in [0.25, 0.3) is 0 Å². The number of hydrogen-bond acceptors (Lipinski definition) is 6. The Morgan fingerprint density at radius 2 is 1.71 bits per heavy atom. The summed E-state index contributed by atoms with van der Waals surface area (Å²) in [5, 5.41) is 3.00. The van der Waals surface area contributed by atoms with Crippen molar-refractivity contribution in [2.45, 2.75) is 39.2 Å². The molecule has 10 nitrogen and oxygen atoms in total. The van der Waals surface area contributed by atoms with Gasteiger partial charge in [-0.1, -0.05) is 30.3 Å². The maximum Gasteiger partial charge on any atom is 0.322 e. The van der Waals surface area contributed by atoms with Crippen molar-refractivity contribution in [2.75, 3.05) is 39.3 Å². The second kappa shape index (κ2) is 12.4. The number of esters is 1. The van der Waals surface area contributed by atoms with Gasteiger partial charge >= 0.3 is 12.0 Å². The summed E-state index contributed by atoms with van der Waals surface area (Å²) in [6.45, 7) is 5.94. The highest BCUT2D eigenvalue weighted by atomic mass is 16.5. The number of rotatable bonds is 9. The largest absolute Gasteiger partial charge is 0.466 e. The van der Waals surface area contributed by atoms with Crippen molar-refractivity contribution >= 4 is 23.8 Å². The van der Waals surface area contributed by atoms with Crippen LogP contribution in [-0.2, 0) is 19.1 Å². The molecule has 0 unspecified atom stereocenters. The van der Waals surface area contributed by atoms with Crippen LogP contribution in [-0.4, -0.2) is 77.8 Å². The molecular weight excluding hydrogens is 524 g/mol. The van der Waals surface area contributed by atoms with Crippen LogP contribution in [0.1, 0.15) is 44.7 Å². The number of carbonyl (C=O) groups excluding carboxylic acids is 4. The fourth-order valence-electron chi connectivity index (χ4n) is 5.71. The summed E-state index contributed by atoms with van der Waals surface area (Å²) in [5.41, 5.74) is 1.93. The molecule has 3 aliphatic heterocycles. The topological polar surface area (TPSA) is 108 Å². The summed E-state index contributed by atoms with van der Waals surface area (Å²) >= 11 is 0. The molecule has 4 amide bonds. The van der Waals surface area contributed by atoms with E-state index in [2.05, 4.69) is 5.32 Å². The van der Waals surface area contributed by atoms with Crippen molar-refractivity contribution < 1.29 is 28.7 Å². The lowest BCUT2D eigenvalue weighted by molar-refractivity contribution is -0.151. The van der Waals surface area contributed by atoms with E-state index in [1.165, 1.54) is 0 Å². The molecule has 41 heavy (non-hydrogen) atoms. The normalized spacial score (nSPS) is 19.3. The number of urea groups is 1. The first-order chi connectivity index (χ1) is 19.9. The van der Waals surface area contributed by atoms with Crippen molar-refractivity contribution in [2.24, 2.45) is 5.92 Å². The minimum atomic E-state index is -0.630. The number of ether oxygens (including phenoxy) is 2. The average Bonchev–Trinajstić information content (AvgIpc) is 3.32. The van der Waals surface area contributed by atoms with Crippen LogP contribution >= 0.6 is 0 Å². The Labute approximate surface area is 239 Å². The summed E-state index contributed by atoms with van der Waals surface area (Å²) in [5.74, 6) is 0.679. The first-order valence-electron chi connectivity index (χ1n) is 14.3. The highest BCUT2D eigenvalue weighted by Gasteiger charge is 2.43. The van der Waals surface area contributed by atoms with Crippen LogP contribution in [0, 0.1) is 5.92 Å². The second-order valence-electron chi connectivity index (χ2n) is 10.4. The molecule has 1 atom stereocenters. The highest BCUT2D eigenvalue weighted by molar-refractivity contribution is 6.01. The quantitative estimate of drug-likeness (QED) is 0.467. The molecule has 2 aromatic rings. The Bertz CT molecular complexity index is 1340. The number of piperidine rings is 1. The number of likely N-dealkylation sites (tertiary alicyclic amines) is 1. The lowest BCUT2D eigenvalue weighted by atomic mass is 9.95. The van der Waals surface area contributed by atoms with Gasteiger partial charge in [-0.05, 0) is 56.5 Å². The minimum absolute atomic E-state index is 0.0474. The van der Waals surface area contributed by atoms with Gasteiger partial charge in [-0.15, -0.1) is 0 Å². The molecule has 3 aliphatic rings. The van der Waals surface area contributed by atoms with Gasteiger partial charge in [0.05, 0.1) is 36.4 Å². The van der Waals surface area contributed by atoms with E-state index in [-0.39, 0.29) is 49.2 Å². The second-order valence-corrected chi connectivity index (χ2v) is 10.4. The van der Waals surface area contributed by atoms with Crippen LogP contribution in [0.4, 0.5) is 4.79 Å². The molecule has 0 saturated carbocycles. The monoisotopic (exact) mass is 560 g/mol. The van der Waals surface area contributed by atoms with E-state index in [0.29, 0.717) is 61.9 Å². The van der Waals surface area contributed by atoms with E-state index in [1.807, 2.05) is 61.5 Å². The Balaban J connectivity index is 1.26. The van der Waals surface area contributed by atoms with E-state index in [0.717, 1.165) is 5.56 Å². The summed E-state index contributed by atoms with van der Waals surface area (Å²) in [6, 6.07) is 15.9. The summed E-state index contributed by atoms with van der Waals surface area (Å²) in [7, 11) is 0. The summed E-state index contributed by atoms with van der Waals surface area (Å²) in [6.07, 6.45) is 1.34. The van der Waals surface area contributed by atoms with Crippen molar-refractivity contribution in [3.8, 4) is 11.5 Å². The number of benzene rings is 2. The number of para-hydroxylation sites is 1. The number of carbonyl (C=O) groups is 4. The average molecular weight is 561 g/mol. The standard InChI is InChI=1S/C31H36N4O6/c1-3-35-25-20-34(18-15-26(36)33-16-13-21(14-17-33)30(38)40-4-2)29(37)27(25)28(32-31(35)39)22-9-8-12-24(19-22)41-23-10-6-5-7-11-23/h5-12,19,21,28H,3-4,13-18,20H2,1-2H3,(H,32,39)/t28-/m0/s1. The molecular formula is C31H36N4O6. The fourth-order valence-corrected chi connectivity index (χ4v) is 5.71. The predicted octanol–water partition coefficient (Wildman–Crippen LogP) is 3.85. The number of likely N-dealkylation sites (N-methyl/N-ethyl adjacent to an activating group) is 1. The lowest BCUT2D eigenvalue weighted by Gasteiger charge is -2.33. The fraction of sp³-hybridized carbons (Fsp3) is 0.419. The van der Waals surface area contributed by atoms with Crippen molar-refractivity contribution in [3.63, 3.8) is 0 Å². The smallest absolute Gasteiger partial charge is 0.322 e. The third-order valence-electron chi connectivity index (χ3n) is 7.85. The van der Waals surface area contributed by atoms with E-state index < -0.39 is 6.04 Å². The molecule has 0 bridgehead atoms. The van der Waals surface area contributed by atoms with Crippen LogP contribution in [0.15, 0.2) is 65.9 Å². The lowest BCUT2D eigenvalue weighted by Crippen LogP contribution is -2.47. The van der Waals surface area contributed by atoms with Crippen molar-refractivity contribution in [3.05, 3.63) is 71.4 Å². The third kappa shape index (κ3) is 6.06. The van der Waals surface area contributed by atoms with E-state index in [9.17, 15) is 19.2 Å². The van der Waals surface area contributed by atoms with Gasteiger partial charge in [0.2, 0.25) is 5.91 Å². The molecule has 5 rings (SSSR count). The predicted molar refractivity (Wildman–Crippen MR) is 151 cm³/mol. The first-order valence-corrected chi connectivity index (χ1v) is 14.3. The van der Waals surface area contributed by atoms with Gasteiger partial charge in [0.15, 0.2) is 0 Å². The molecule has 0 radical (unpaired) electrons. The summed E-state index contributed by atoms with van der Waals surface area (Å²) < 4.78 is 11.1. The molecule has 1 fully saturated rings. The third-order valence-corrected chi connectivity index (χ3v) is 7.85. The van der Waals surface area contributed by atoms with Crippen LogP contribution < -0.4 is 10.1 Å². The maximum atomic E-state index is 13.7. The molecule has 1 N–H and O–H groups in total. The van der Waals surface area contributed by atoms with Gasteiger partial charge in [0.1, 0.15) is 11.5 Å². The Hall–Kier alpha value is -4.34. The van der Waals surface area contributed by atoms with Crippen LogP contribution in [0.2, 0.25) is 0 Å². The van der Waals surface area contributed by atoms with Gasteiger partial charge in [-0.3, -0.25) is 19.3 Å². The number of nitrogens with one attached hydrogen (secondary N) is 1. The van der Waals surface area contributed by atoms with Crippen LogP contribution in [0.5, 0.6) is 11.5 Å².